The van der Waals surface area contributed by atoms with Crippen molar-refractivity contribution in [1.82, 2.24) is 5.32 Å². The van der Waals surface area contributed by atoms with Gasteiger partial charge in [-0.05, 0) is 25.3 Å². The Hall–Kier alpha value is -0.0800. The molecule has 12 heavy (non-hydrogen) atoms. The van der Waals surface area contributed by atoms with E-state index in [4.69, 9.17) is 4.74 Å². The summed E-state index contributed by atoms with van der Waals surface area (Å²) in [7, 11) is 1.80. The SMILES string of the molecule is COCC1(C(C)C)CCCNC1. The van der Waals surface area contributed by atoms with E-state index in [-0.39, 0.29) is 0 Å². The summed E-state index contributed by atoms with van der Waals surface area (Å²) in [6, 6.07) is 0. The molecule has 2 nitrogen and oxygen atoms in total. The second-order valence-corrected chi connectivity index (χ2v) is 4.23. The minimum absolute atomic E-state index is 0.396. The Morgan fingerprint density at radius 3 is 2.67 bits per heavy atom. The third kappa shape index (κ3) is 1.99. The summed E-state index contributed by atoms with van der Waals surface area (Å²) >= 11 is 0. The largest absolute Gasteiger partial charge is 0.384 e. The van der Waals surface area contributed by atoms with Crippen LogP contribution < -0.4 is 5.32 Å². The maximum absolute atomic E-state index is 5.31. The topological polar surface area (TPSA) is 21.3 Å². The predicted octanol–water partition coefficient (Wildman–Crippen LogP) is 1.66. The molecule has 72 valence electrons. The molecule has 0 aliphatic carbocycles. The van der Waals surface area contributed by atoms with Crippen molar-refractivity contribution >= 4 is 0 Å². The van der Waals surface area contributed by atoms with E-state index in [1.54, 1.807) is 7.11 Å². The Kier molecular flexibility index (Phi) is 3.53. The standard InChI is InChI=1S/C10H21NO/c1-9(2)10(8-12-3)5-4-6-11-7-10/h9,11H,4-8H2,1-3H3. The van der Waals surface area contributed by atoms with Gasteiger partial charge in [0.1, 0.15) is 0 Å². The summed E-state index contributed by atoms with van der Waals surface area (Å²) in [6.45, 7) is 7.80. The van der Waals surface area contributed by atoms with Crippen molar-refractivity contribution in [3.63, 3.8) is 0 Å². The molecule has 1 saturated heterocycles. The average Bonchev–Trinajstić information content (AvgIpc) is 2.06. The van der Waals surface area contributed by atoms with Crippen LogP contribution >= 0.6 is 0 Å². The van der Waals surface area contributed by atoms with E-state index in [1.165, 1.54) is 19.4 Å². The second kappa shape index (κ2) is 4.24. The van der Waals surface area contributed by atoms with Crippen molar-refractivity contribution in [3.8, 4) is 0 Å². The minimum atomic E-state index is 0.396. The molecule has 0 aromatic heterocycles. The van der Waals surface area contributed by atoms with Gasteiger partial charge in [0.25, 0.3) is 0 Å². The summed E-state index contributed by atoms with van der Waals surface area (Å²) in [5.41, 5.74) is 0.396. The van der Waals surface area contributed by atoms with E-state index in [2.05, 4.69) is 19.2 Å². The fourth-order valence-electron chi connectivity index (χ4n) is 2.06. The van der Waals surface area contributed by atoms with Gasteiger partial charge < -0.3 is 10.1 Å². The summed E-state index contributed by atoms with van der Waals surface area (Å²) in [6.07, 6.45) is 2.60. The molecule has 1 fully saturated rings. The smallest absolute Gasteiger partial charge is 0.0533 e. The van der Waals surface area contributed by atoms with Crippen molar-refractivity contribution in [2.45, 2.75) is 26.7 Å². The number of hydrogen-bond donors (Lipinski definition) is 1. The van der Waals surface area contributed by atoms with Crippen LogP contribution in [0.25, 0.3) is 0 Å². The lowest BCUT2D eigenvalue weighted by Crippen LogP contribution is -2.46. The molecule has 1 unspecified atom stereocenters. The Balaban J connectivity index is 2.56. The van der Waals surface area contributed by atoms with Crippen molar-refractivity contribution in [3.05, 3.63) is 0 Å². The Bertz CT molecular complexity index is 122. The van der Waals surface area contributed by atoms with E-state index < -0.39 is 0 Å². The van der Waals surface area contributed by atoms with Crippen LogP contribution in [0.1, 0.15) is 26.7 Å². The quantitative estimate of drug-likeness (QED) is 0.697. The summed E-state index contributed by atoms with van der Waals surface area (Å²) in [5.74, 6) is 0.713. The molecule has 2 heteroatoms. The maximum Gasteiger partial charge on any atom is 0.0533 e. The maximum atomic E-state index is 5.31. The van der Waals surface area contributed by atoms with Crippen LogP contribution in [-0.2, 0) is 4.74 Å². The van der Waals surface area contributed by atoms with Crippen LogP contribution in [0.3, 0.4) is 0 Å². The monoisotopic (exact) mass is 171 g/mol. The lowest BCUT2D eigenvalue weighted by atomic mass is 9.72. The molecular formula is C10H21NO. The average molecular weight is 171 g/mol. The van der Waals surface area contributed by atoms with E-state index in [9.17, 15) is 0 Å². The zero-order valence-electron chi connectivity index (χ0n) is 8.52. The lowest BCUT2D eigenvalue weighted by molar-refractivity contribution is 0.0230. The Morgan fingerprint density at radius 1 is 1.50 bits per heavy atom. The highest BCUT2D eigenvalue weighted by Gasteiger charge is 2.34. The molecule has 0 amide bonds. The minimum Gasteiger partial charge on any atom is -0.384 e. The molecule has 0 saturated carbocycles. The Labute approximate surface area is 75.7 Å². The molecular weight excluding hydrogens is 150 g/mol. The molecule has 0 aromatic carbocycles. The summed E-state index contributed by atoms with van der Waals surface area (Å²) in [5, 5.41) is 3.46. The highest BCUT2D eigenvalue weighted by Crippen LogP contribution is 2.34. The van der Waals surface area contributed by atoms with E-state index >= 15 is 0 Å². The van der Waals surface area contributed by atoms with E-state index in [0.29, 0.717) is 11.3 Å². The summed E-state index contributed by atoms with van der Waals surface area (Å²) < 4.78 is 5.31. The Morgan fingerprint density at radius 2 is 2.25 bits per heavy atom. The van der Waals surface area contributed by atoms with Gasteiger partial charge in [-0.2, -0.15) is 0 Å². The molecule has 0 aromatic rings. The number of nitrogens with one attached hydrogen (secondary N) is 1. The van der Waals surface area contributed by atoms with Gasteiger partial charge >= 0.3 is 0 Å². The first-order valence-corrected chi connectivity index (χ1v) is 4.91. The zero-order valence-corrected chi connectivity index (χ0v) is 8.52. The van der Waals surface area contributed by atoms with Crippen molar-refractivity contribution in [1.29, 1.82) is 0 Å². The van der Waals surface area contributed by atoms with Gasteiger partial charge in [0.15, 0.2) is 0 Å². The van der Waals surface area contributed by atoms with Crippen LogP contribution in [0.2, 0.25) is 0 Å². The fraction of sp³-hybridized carbons (Fsp3) is 1.00. The third-order valence-corrected chi connectivity index (χ3v) is 3.16. The molecule has 1 aliphatic heterocycles. The van der Waals surface area contributed by atoms with Gasteiger partial charge in [0.05, 0.1) is 6.61 Å². The van der Waals surface area contributed by atoms with Crippen LogP contribution in [0, 0.1) is 11.3 Å². The molecule has 1 rings (SSSR count). The van der Waals surface area contributed by atoms with Gasteiger partial charge in [-0.15, -0.1) is 0 Å². The molecule has 1 heterocycles. The van der Waals surface area contributed by atoms with Crippen LogP contribution in [0.4, 0.5) is 0 Å². The molecule has 1 N–H and O–H groups in total. The first-order valence-electron chi connectivity index (χ1n) is 4.91. The molecule has 0 bridgehead atoms. The van der Waals surface area contributed by atoms with E-state index in [1.807, 2.05) is 0 Å². The number of ether oxygens (including phenoxy) is 1. The predicted molar refractivity (Wildman–Crippen MR) is 51.3 cm³/mol. The van der Waals surface area contributed by atoms with Crippen molar-refractivity contribution < 1.29 is 4.74 Å². The van der Waals surface area contributed by atoms with Gasteiger partial charge in [0, 0.05) is 19.1 Å². The van der Waals surface area contributed by atoms with Gasteiger partial charge in [-0.3, -0.25) is 0 Å². The van der Waals surface area contributed by atoms with Gasteiger partial charge in [-0.1, -0.05) is 13.8 Å². The molecule has 1 atom stereocenters. The second-order valence-electron chi connectivity index (χ2n) is 4.23. The lowest BCUT2D eigenvalue weighted by Gasteiger charge is -2.40. The molecule has 0 spiro atoms. The number of rotatable bonds is 3. The zero-order chi connectivity index (χ0) is 9.03. The molecule has 0 radical (unpaired) electrons. The van der Waals surface area contributed by atoms with Crippen molar-refractivity contribution in [2.24, 2.45) is 11.3 Å². The highest BCUT2D eigenvalue weighted by molar-refractivity contribution is 4.87. The van der Waals surface area contributed by atoms with Gasteiger partial charge in [0.2, 0.25) is 0 Å². The number of hydrogen-bond acceptors (Lipinski definition) is 2. The number of methoxy groups -OCH3 is 1. The first-order chi connectivity index (χ1) is 5.71. The highest BCUT2D eigenvalue weighted by atomic mass is 16.5. The fourth-order valence-corrected chi connectivity index (χ4v) is 2.06. The van der Waals surface area contributed by atoms with E-state index in [0.717, 1.165) is 13.2 Å². The van der Waals surface area contributed by atoms with Crippen LogP contribution in [0.15, 0.2) is 0 Å². The van der Waals surface area contributed by atoms with Crippen LogP contribution in [-0.4, -0.2) is 26.8 Å². The van der Waals surface area contributed by atoms with Crippen LogP contribution in [0.5, 0.6) is 0 Å². The first kappa shape index (κ1) is 10.0. The molecule has 1 aliphatic rings. The summed E-state index contributed by atoms with van der Waals surface area (Å²) in [4.78, 5) is 0. The normalized spacial score (nSPS) is 31.0. The number of piperidine rings is 1. The van der Waals surface area contributed by atoms with Crippen molar-refractivity contribution in [2.75, 3.05) is 26.8 Å². The third-order valence-electron chi connectivity index (χ3n) is 3.16. The van der Waals surface area contributed by atoms with Gasteiger partial charge in [-0.25, -0.2) is 0 Å².